The van der Waals surface area contributed by atoms with E-state index in [0.717, 1.165) is 21.2 Å². The molecule has 0 radical (unpaired) electrons. The molecule has 1 saturated heterocycles. The van der Waals surface area contributed by atoms with Gasteiger partial charge >= 0.3 is 12.0 Å². The molecule has 0 unspecified atom stereocenters. The first-order valence-electron chi connectivity index (χ1n) is 23.4. The summed E-state index contributed by atoms with van der Waals surface area (Å²) in [4.78, 5) is 97.7. The summed E-state index contributed by atoms with van der Waals surface area (Å²) in [5.41, 5.74) is 0.261. The number of benzene rings is 3. The number of carbonyl (C=O) groups excluding carboxylic acids is 6. The third-order valence-electron chi connectivity index (χ3n) is 11.9. The molecule has 5 rings (SSSR count). The fraction of sp³-hybridized carbons (Fsp3) is 0.460. The first-order chi connectivity index (χ1) is 33.0. The van der Waals surface area contributed by atoms with Crippen molar-refractivity contribution in [1.29, 1.82) is 0 Å². The molecule has 7 amide bonds. The summed E-state index contributed by atoms with van der Waals surface area (Å²) in [5.74, 6) is -4.73. The van der Waals surface area contributed by atoms with Crippen LogP contribution >= 0.6 is 11.3 Å². The first kappa shape index (κ1) is 54.6. The van der Waals surface area contributed by atoms with Crippen LogP contribution in [0, 0.1) is 0 Å². The van der Waals surface area contributed by atoms with Crippen LogP contribution in [0.4, 0.5) is 4.79 Å². The molecule has 18 nitrogen and oxygen atoms in total. The van der Waals surface area contributed by atoms with Crippen LogP contribution in [0.5, 0.6) is 0 Å². The SMILES string of the molecule is CCC[C@H](NC(=O)[C@H](Cc1ccc(CS(=O)(=O)O)cc1)NC(=O)NCc1ccccc1)C(=O)N1CCC[C@@]1(C)C(=O)N[C@@H](Cc1csc2ccccc12)C(=O)N[C@@H](CCCC(=O)O)C(=O)NC(C)(C)C. The molecule has 0 bridgehead atoms. The van der Waals surface area contributed by atoms with Crippen LogP contribution < -0.4 is 31.9 Å². The second-order valence-corrected chi connectivity index (χ2v) is 21.3. The van der Waals surface area contributed by atoms with Crippen LogP contribution in [-0.4, -0.2) is 106 Å². The number of thiophene rings is 1. The Morgan fingerprint density at radius 1 is 0.757 bits per heavy atom. The van der Waals surface area contributed by atoms with Gasteiger partial charge in [0.15, 0.2) is 0 Å². The zero-order chi connectivity index (χ0) is 51.2. The Kier molecular flexibility index (Phi) is 19.1. The number of carboxylic acids is 1. The van der Waals surface area contributed by atoms with Gasteiger partial charge in [-0.25, -0.2) is 4.79 Å². The zero-order valence-corrected chi connectivity index (χ0v) is 41.8. The highest BCUT2D eigenvalue weighted by Crippen LogP contribution is 2.32. The Balaban J connectivity index is 1.38. The number of aliphatic carboxylic acids is 1. The van der Waals surface area contributed by atoms with Gasteiger partial charge < -0.3 is 41.9 Å². The number of carboxylic acid groups (broad SMARTS) is 1. The van der Waals surface area contributed by atoms with E-state index in [0.29, 0.717) is 24.0 Å². The molecule has 1 aromatic heterocycles. The Hall–Kier alpha value is -6.38. The molecule has 70 heavy (non-hydrogen) atoms. The summed E-state index contributed by atoms with van der Waals surface area (Å²) in [5, 5.41) is 28.9. The molecule has 1 fully saturated rings. The van der Waals surface area contributed by atoms with Crippen molar-refractivity contribution in [3.63, 3.8) is 0 Å². The van der Waals surface area contributed by atoms with Crippen molar-refractivity contribution in [3.8, 4) is 0 Å². The van der Waals surface area contributed by atoms with E-state index in [-0.39, 0.29) is 58.0 Å². The van der Waals surface area contributed by atoms with Crippen molar-refractivity contribution in [3.05, 3.63) is 106 Å². The van der Waals surface area contributed by atoms with E-state index in [1.165, 1.54) is 28.4 Å². The highest BCUT2D eigenvalue weighted by atomic mass is 32.2. The Morgan fingerprint density at radius 3 is 2.03 bits per heavy atom. The van der Waals surface area contributed by atoms with E-state index < -0.39 is 92.7 Å². The van der Waals surface area contributed by atoms with Gasteiger partial charge in [-0.15, -0.1) is 11.3 Å². The van der Waals surface area contributed by atoms with Crippen molar-refractivity contribution in [2.75, 3.05) is 6.54 Å². The van der Waals surface area contributed by atoms with Gasteiger partial charge in [0.25, 0.3) is 10.1 Å². The maximum Gasteiger partial charge on any atom is 0.315 e. The number of hydrogen-bond donors (Lipinski definition) is 8. The highest BCUT2D eigenvalue weighted by molar-refractivity contribution is 7.85. The molecule has 0 saturated carbocycles. The summed E-state index contributed by atoms with van der Waals surface area (Å²) >= 11 is 1.47. The molecule has 3 aromatic carbocycles. The van der Waals surface area contributed by atoms with Gasteiger partial charge in [0, 0.05) is 42.6 Å². The number of urea groups is 1. The third-order valence-corrected chi connectivity index (χ3v) is 13.6. The fourth-order valence-corrected chi connectivity index (χ4v) is 9.95. The van der Waals surface area contributed by atoms with Gasteiger partial charge in [0.05, 0.1) is 0 Å². The molecule has 1 aliphatic rings. The lowest BCUT2D eigenvalue weighted by Crippen LogP contribution is -2.63. The molecule has 378 valence electrons. The van der Waals surface area contributed by atoms with E-state index in [1.807, 2.05) is 66.9 Å². The van der Waals surface area contributed by atoms with Crippen molar-refractivity contribution in [2.45, 2.75) is 140 Å². The zero-order valence-electron chi connectivity index (χ0n) is 40.2. The number of likely N-dealkylation sites (tertiary alicyclic amines) is 1. The van der Waals surface area contributed by atoms with Crippen molar-refractivity contribution < 1.29 is 51.6 Å². The van der Waals surface area contributed by atoms with Gasteiger partial charge in [0.2, 0.25) is 29.5 Å². The van der Waals surface area contributed by atoms with E-state index in [1.54, 1.807) is 39.8 Å². The summed E-state index contributed by atoms with van der Waals surface area (Å²) in [6.45, 7) is 9.08. The molecule has 5 atom stereocenters. The maximum absolute atomic E-state index is 14.7. The van der Waals surface area contributed by atoms with E-state index in [4.69, 9.17) is 0 Å². The Bertz CT molecular complexity index is 2600. The molecule has 20 heteroatoms. The largest absolute Gasteiger partial charge is 0.481 e. The quantitative estimate of drug-likeness (QED) is 0.0470. The first-order valence-corrected chi connectivity index (χ1v) is 25.9. The van der Waals surface area contributed by atoms with Crippen molar-refractivity contribution >= 4 is 73.1 Å². The molecule has 0 aliphatic carbocycles. The lowest BCUT2D eigenvalue weighted by atomic mass is 9.94. The minimum atomic E-state index is -4.30. The van der Waals surface area contributed by atoms with Crippen molar-refractivity contribution in [2.24, 2.45) is 0 Å². The number of nitrogens with one attached hydrogen (secondary N) is 6. The van der Waals surface area contributed by atoms with Gasteiger partial charge in [-0.3, -0.25) is 33.3 Å². The molecular weight excluding hydrogens is 939 g/mol. The van der Waals surface area contributed by atoms with Crippen molar-refractivity contribution in [1.82, 2.24) is 36.8 Å². The smallest absolute Gasteiger partial charge is 0.315 e. The van der Waals surface area contributed by atoms with Gasteiger partial charge in [0.1, 0.15) is 35.5 Å². The number of fused-ring (bicyclic) bond motifs is 1. The molecule has 0 spiro atoms. The van der Waals surface area contributed by atoms with Crippen LogP contribution in [-0.2, 0) is 64.0 Å². The van der Waals surface area contributed by atoms with Gasteiger partial charge in [-0.2, -0.15) is 8.42 Å². The molecular formula is C50H65N7O11S2. The minimum absolute atomic E-state index is 0.0185. The number of carbonyl (C=O) groups is 7. The molecule has 2 heterocycles. The Morgan fingerprint density at radius 2 is 1.39 bits per heavy atom. The number of amides is 7. The standard InChI is InChI=1S/C50H65N7O11S2/c1-6-14-38(53-43(60)39(55-48(65)51-29-33-15-8-7-9-16-33)27-32-21-23-34(24-22-32)31-70(66,67)68)46(63)57-26-13-25-50(57,5)47(64)54-40(28-35-30-69-41-19-11-10-17-36(35)41)44(61)52-37(18-12-20-42(58)59)45(62)56-49(2,3)4/h7-11,15-17,19,21-24,30,37-40H,6,12-14,18,20,25-29,31H2,1-5H3,(H,52,61)(H,53,60)(H,54,64)(H,56,62)(H,58,59)(H2,51,55,65)(H,66,67,68)/t37-,38-,39-,40-,50-/m0/s1. The van der Waals surface area contributed by atoms with Crippen LogP contribution in [0.1, 0.15) is 102 Å². The monoisotopic (exact) mass is 1000 g/mol. The van der Waals surface area contributed by atoms with E-state index >= 15 is 0 Å². The summed E-state index contributed by atoms with van der Waals surface area (Å²) in [6.07, 6.45) is 1.12. The lowest BCUT2D eigenvalue weighted by Gasteiger charge is -2.37. The summed E-state index contributed by atoms with van der Waals surface area (Å²) in [7, 11) is -4.30. The fourth-order valence-electron chi connectivity index (χ4n) is 8.36. The van der Waals surface area contributed by atoms with E-state index in [2.05, 4.69) is 31.9 Å². The number of rotatable bonds is 23. The highest BCUT2D eigenvalue weighted by Gasteiger charge is 2.48. The maximum atomic E-state index is 14.7. The average molecular weight is 1000 g/mol. The van der Waals surface area contributed by atoms with Crippen LogP contribution in [0.15, 0.2) is 84.2 Å². The topological polar surface area (TPSA) is 270 Å². The average Bonchev–Trinajstić information content (AvgIpc) is 3.90. The molecule has 4 aromatic rings. The van der Waals surface area contributed by atoms with Gasteiger partial charge in [-0.1, -0.05) is 86.1 Å². The Labute approximate surface area is 412 Å². The van der Waals surface area contributed by atoms with E-state index in [9.17, 15) is 51.6 Å². The predicted molar refractivity (Wildman–Crippen MR) is 266 cm³/mol. The molecule has 1 aliphatic heterocycles. The summed E-state index contributed by atoms with van der Waals surface area (Å²) in [6, 6.07) is 17.4. The second kappa shape index (κ2) is 24.4. The van der Waals surface area contributed by atoms with Crippen LogP contribution in [0.25, 0.3) is 10.1 Å². The van der Waals surface area contributed by atoms with Crippen LogP contribution in [0.2, 0.25) is 0 Å². The predicted octanol–water partition coefficient (Wildman–Crippen LogP) is 4.75. The molecule has 8 N–H and O–H groups in total. The summed E-state index contributed by atoms with van der Waals surface area (Å²) < 4.78 is 33.2. The minimum Gasteiger partial charge on any atom is -0.481 e. The second-order valence-electron chi connectivity index (χ2n) is 18.9. The van der Waals surface area contributed by atoms with Crippen LogP contribution in [0.3, 0.4) is 0 Å². The third kappa shape index (κ3) is 16.1. The lowest BCUT2D eigenvalue weighted by molar-refractivity contribution is -0.147. The normalized spacial score (nSPS) is 16.6. The number of hydrogen-bond acceptors (Lipinski definition) is 10. The van der Waals surface area contributed by atoms with Gasteiger partial charge in [-0.05, 0) is 98.9 Å². The number of nitrogens with zero attached hydrogens (tertiary/aromatic N) is 1.